The molecule has 5 nitrogen and oxygen atoms in total. The smallest absolute Gasteiger partial charge is 0.319 e. The predicted molar refractivity (Wildman–Crippen MR) is 78.5 cm³/mol. The quantitative estimate of drug-likeness (QED) is 0.806. The highest BCUT2D eigenvalue weighted by Gasteiger charge is 2.17. The van der Waals surface area contributed by atoms with E-state index in [0.29, 0.717) is 0 Å². The lowest BCUT2D eigenvalue weighted by Crippen LogP contribution is -2.41. The van der Waals surface area contributed by atoms with Gasteiger partial charge in [0.25, 0.3) is 0 Å². The van der Waals surface area contributed by atoms with E-state index in [2.05, 4.69) is 10.1 Å². The van der Waals surface area contributed by atoms with Gasteiger partial charge in [-0.05, 0) is 32.9 Å². The maximum atomic E-state index is 12.0. The largest absolute Gasteiger partial charge is 0.468 e. The van der Waals surface area contributed by atoms with Gasteiger partial charge in [0.05, 0.1) is 20.2 Å². The lowest BCUT2D eigenvalue weighted by molar-refractivity contribution is -0.142. The summed E-state index contributed by atoms with van der Waals surface area (Å²) in [6.45, 7) is 6.11. The summed E-state index contributed by atoms with van der Waals surface area (Å²) in [4.78, 5) is 25.0. The van der Waals surface area contributed by atoms with Crippen molar-refractivity contribution in [2.75, 3.05) is 25.5 Å². The first-order valence-corrected chi connectivity index (χ1v) is 6.59. The molecule has 0 unspecified atom stereocenters. The number of benzene rings is 1. The molecule has 0 spiro atoms. The number of methoxy groups -OCH3 is 1. The van der Waals surface area contributed by atoms with E-state index < -0.39 is 0 Å². The number of hydrogen-bond acceptors (Lipinski definition) is 4. The minimum absolute atomic E-state index is 0.0814. The molecule has 0 aliphatic rings. The van der Waals surface area contributed by atoms with Crippen LogP contribution >= 0.6 is 0 Å². The summed E-state index contributed by atoms with van der Waals surface area (Å²) in [6, 6.07) is 7.66. The van der Waals surface area contributed by atoms with Gasteiger partial charge in [-0.25, -0.2) is 0 Å². The molecule has 0 aliphatic heterocycles. The molecule has 1 amide bonds. The van der Waals surface area contributed by atoms with Crippen LogP contribution < -0.4 is 5.32 Å². The molecule has 0 fully saturated rings. The van der Waals surface area contributed by atoms with Crippen LogP contribution in [0.5, 0.6) is 0 Å². The van der Waals surface area contributed by atoms with E-state index in [1.165, 1.54) is 7.11 Å². The van der Waals surface area contributed by atoms with Crippen LogP contribution in [0.25, 0.3) is 0 Å². The second-order valence-corrected chi connectivity index (χ2v) is 4.99. The molecule has 1 aromatic rings. The van der Waals surface area contributed by atoms with Crippen molar-refractivity contribution in [1.29, 1.82) is 0 Å². The number of esters is 1. The zero-order valence-corrected chi connectivity index (χ0v) is 12.5. The van der Waals surface area contributed by atoms with Crippen LogP contribution in [0.2, 0.25) is 0 Å². The summed E-state index contributed by atoms with van der Waals surface area (Å²) in [5.74, 6) is -0.492. The Morgan fingerprint density at radius 2 is 1.80 bits per heavy atom. The molecule has 5 heteroatoms. The summed E-state index contributed by atoms with van der Waals surface area (Å²) in [6.07, 6.45) is 0. The molecule has 1 aromatic carbocycles. The number of carbonyl (C=O) groups excluding carboxylic acids is 2. The Hall–Kier alpha value is -1.88. The van der Waals surface area contributed by atoms with Gasteiger partial charge in [0.1, 0.15) is 0 Å². The van der Waals surface area contributed by atoms with Gasteiger partial charge in [0.15, 0.2) is 0 Å². The number of rotatable bonds is 6. The fourth-order valence-electron chi connectivity index (χ4n) is 1.67. The Bertz CT molecular complexity index is 455. The van der Waals surface area contributed by atoms with E-state index in [1.807, 2.05) is 45.0 Å². The van der Waals surface area contributed by atoms with Crippen molar-refractivity contribution in [3.63, 3.8) is 0 Å². The molecular weight excluding hydrogens is 256 g/mol. The molecule has 0 aromatic heterocycles. The third-order valence-electron chi connectivity index (χ3n) is 2.97. The van der Waals surface area contributed by atoms with Crippen LogP contribution in [-0.4, -0.2) is 43.0 Å². The first-order chi connectivity index (χ1) is 9.42. The highest BCUT2D eigenvalue weighted by Crippen LogP contribution is 2.09. The number of carbonyl (C=O) groups is 2. The van der Waals surface area contributed by atoms with Crippen LogP contribution in [0.3, 0.4) is 0 Å². The van der Waals surface area contributed by atoms with Crippen LogP contribution in [0.4, 0.5) is 5.69 Å². The highest BCUT2D eigenvalue weighted by atomic mass is 16.5. The molecule has 110 valence electrons. The number of ether oxygens (including phenoxy) is 1. The topological polar surface area (TPSA) is 58.6 Å². The van der Waals surface area contributed by atoms with Gasteiger partial charge in [-0.15, -0.1) is 0 Å². The van der Waals surface area contributed by atoms with Crippen molar-refractivity contribution in [3.05, 3.63) is 29.8 Å². The van der Waals surface area contributed by atoms with E-state index in [1.54, 1.807) is 4.90 Å². The molecular formula is C15H22N2O3. The van der Waals surface area contributed by atoms with Crippen molar-refractivity contribution < 1.29 is 14.3 Å². The molecule has 0 radical (unpaired) electrons. The van der Waals surface area contributed by atoms with Crippen molar-refractivity contribution in [2.45, 2.75) is 26.8 Å². The van der Waals surface area contributed by atoms with Gasteiger partial charge in [-0.3, -0.25) is 14.5 Å². The minimum Gasteiger partial charge on any atom is -0.468 e. The first kappa shape index (κ1) is 16.2. The Kier molecular flexibility index (Phi) is 6.18. The fourth-order valence-corrected chi connectivity index (χ4v) is 1.67. The van der Waals surface area contributed by atoms with Crippen LogP contribution in [0.1, 0.15) is 19.4 Å². The van der Waals surface area contributed by atoms with Crippen LogP contribution in [0, 0.1) is 6.92 Å². The minimum atomic E-state index is -0.346. The number of aryl methyl sites for hydroxylation is 1. The number of amides is 1. The fraction of sp³-hybridized carbons (Fsp3) is 0.467. The molecule has 20 heavy (non-hydrogen) atoms. The molecule has 0 saturated carbocycles. The molecule has 1 N–H and O–H groups in total. The van der Waals surface area contributed by atoms with Crippen LogP contribution in [-0.2, 0) is 14.3 Å². The normalized spacial score (nSPS) is 10.7. The summed E-state index contributed by atoms with van der Waals surface area (Å²) < 4.78 is 4.63. The summed E-state index contributed by atoms with van der Waals surface area (Å²) in [5.41, 5.74) is 1.89. The van der Waals surface area contributed by atoms with Gasteiger partial charge in [-0.1, -0.05) is 17.7 Å². The Morgan fingerprint density at radius 1 is 1.20 bits per heavy atom. The lowest BCUT2D eigenvalue weighted by Gasteiger charge is -2.24. The number of anilines is 1. The monoisotopic (exact) mass is 278 g/mol. The first-order valence-electron chi connectivity index (χ1n) is 6.59. The molecule has 0 aliphatic carbocycles. The third-order valence-corrected chi connectivity index (χ3v) is 2.97. The Morgan fingerprint density at radius 3 is 2.30 bits per heavy atom. The second kappa shape index (κ2) is 7.65. The van der Waals surface area contributed by atoms with Crippen molar-refractivity contribution in [3.8, 4) is 0 Å². The Labute approximate surface area is 119 Å². The maximum Gasteiger partial charge on any atom is 0.319 e. The average Bonchev–Trinajstić information content (AvgIpc) is 2.40. The second-order valence-electron chi connectivity index (χ2n) is 4.99. The SMILES string of the molecule is COC(=O)CN(CC(=O)Nc1ccc(C)cc1)C(C)C. The zero-order valence-electron chi connectivity index (χ0n) is 12.5. The van der Waals surface area contributed by atoms with Crippen molar-refractivity contribution in [2.24, 2.45) is 0 Å². The molecule has 0 saturated heterocycles. The molecule has 0 atom stereocenters. The Balaban J connectivity index is 2.57. The third kappa shape index (κ3) is 5.40. The van der Waals surface area contributed by atoms with Gasteiger partial charge < -0.3 is 10.1 Å². The number of hydrogen-bond donors (Lipinski definition) is 1. The summed E-state index contributed by atoms with van der Waals surface area (Å²) in [5, 5.41) is 2.81. The average molecular weight is 278 g/mol. The van der Waals surface area contributed by atoms with Crippen molar-refractivity contribution >= 4 is 17.6 Å². The van der Waals surface area contributed by atoms with Gasteiger partial charge in [0, 0.05) is 11.7 Å². The standard InChI is InChI=1S/C15H22N2O3/c1-11(2)17(10-15(19)20-4)9-14(18)16-13-7-5-12(3)6-8-13/h5-8,11H,9-10H2,1-4H3,(H,16,18). The van der Waals surface area contributed by atoms with E-state index in [9.17, 15) is 9.59 Å². The summed E-state index contributed by atoms with van der Waals surface area (Å²) >= 11 is 0. The van der Waals surface area contributed by atoms with E-state index in [0.717, 1.165) is 11.3 Å². The van der Waals surface area contributed by atoms with E-state index in [4.69, 9.17) is 0 Å². The number of nitrogens with one attached hydrogen (secondary N) is 1. The maximum absolute atomic E-state index is 12.0. The summed E-state index contributed by atoms with van der Waals surface area (Å²) in [7, 11) is 1.34. The molecule has 0 bridgehead atoms. The zero-order chi connectivity index (χ0) is 15.1. The van der Waals surface area contributed by atoms with E-state index >= 15 is 0 Å². The van der Waals surface area contributed by atoms with Gasteiger partial charge in [-0.2, -0.15) is 0 Å². The highest BCUT2D eigenvalue weighted by molar-refractivity contribution is 5.92. The lowest BCUT2D eigenvalue weighted by atomic mass is 10.2. The van der Waals surface area contributed by atoms with Crippen LogP contribution in [0.15, 0.2) is 24.3 Å². The van der Waals surface area contributed by atoms with E-state index in [-0.39, 0.29) is 31.0 Å². The molecule has 0 heterocycles. The van der Waals surface area contributed by atoms with Gasteiger partial charge >= 0.3 is 5.97 Å². The predicted octanol–water partition coefficient (Wildman–Crippen LogP) is 1.82. The van der Waals surface area contributed by atoms with Gasteiger partial charge in [0.2, 0.25) is 5.91 Å². The number of nitrogens with zero attached hydrogens (tertiary/aromatic N) is 1. The molecule has 1 rings (SSSR count). The van der Waals surface area contributed by atoms with Crippen molar-refractivity contribution in [1.82, 2.24) is 4.90 Å².